The molecule has 0 saturated heterocycles. The van der Waals surface area contributed by atoms with Crippen LogP contribution in [0.2, 0.25) is 5.02 Å². The lowest BCUT2D eigenvalue weighted by Crippen LogP contribution is -2.14. The van der Waals surface area contributed by atoms with Crippen molar-refractivity contribution in [2.75, 3.05) is 11.1 Å². The highest BCUT2D eigenvalue weighted by Crippen LogP contribution is 2.29. The molecule has 0 spiro atoms. The first-order valence-electron chi connectivity index (χ1n) is 8.08. The number of halogens is 1. The quantitative estimate of drug-likeness (QED) is 0.438. The second kappa shape index (κ2) is 8.21. The van der Waals surface area contributed by atoms with Gasteiger partial charge in [-0.25, -0.2) is 13.4 Å². The highest BCUT2D eigenvalue weighted by atomic mass is 35.5. The van der Waals surface area contributed by atoms with Gasteiger partial charge in [-0.05, 0) is 36.8 Å². The molecule has 1 N–H and O–H groups in total. The van der Waals surface area contributed by atoms with E-state index in [1.165, 1.54) is 47.7 Å². The van der Waals surface area contributed by atoms with Gasteiger partial charge < -0.3 is 5.32 Å². The Balaban J connectivity index is 1.57. The number of nitrogens with one attached hydrogen (secondary N) is 1. The van der Waals surface area contributed by atoms with E-state index in [9.17, 15) is 23.3 Å². The molecule has 1 heterocycles. The van der Waals surface area contributed by atoms with Gasteiger partial charge in [0.2, 0.25) is 5.91 Å². The van der Waals surface area contributed by atoms with Gasteiger partial charge in [0.15, 0.2) is 15.0 Å². The molecular formula is C17H14ClN3O5S2. The zero-order chi connectivity index (χ0) is 20.3. The number of hydrogen-bond donors (Lipinski definition) is 1. The number of nitrogens with zero attached hydrogens (tertiary/aromatic N) is 2. The molecule has 146 valence electrons. The van der Waals surface area contributed by atoms with Crippen molar-refractivity contribution in [2.24, 2.45) is 0 Å². The van der Waals surface area contributed by atoms with E-state index in [2.05, 4.69) is 10.3 Å². The lowest BCUT2D eigenvalue weighted by Gasteiger charge is -2.05. The van der Waals surface area contributed by atoms with Gasteiger partial charge in [0.25, 0.3) is 5.69 Å². The number of rotatable bonds is 7. The van der Waals surface area contributed by atoms with Crippen LogP contribution in [0.5, 0.6) is 0 Å². The molecule has 2 aromatic carbocycles. The summed E-state index contributed by atoms with van der Waals surface area (Å²) in [4.78, 5) is 26.7. The number of hydrogen-bond acceptors (Lipinski definition) is 7. The number of aromatic nitrogens is 1. The van der Waals surface area contributed by atoms with Crippen LogP contribution >= 0.6 is 22.9 Å². The molecule has 1 amide bonds. The second-order valence-corrected chi connectivity index (χ2v) is 9.43. The van der Waals surface area contributed by atoms with Crippen molar-refractivity contribution >= 4 is 59.7 Å². The lowest BCUT2D eigenvalue weighted by atomic mass is 10.3. The van der Waals surface area contributed by atoms with Crippen molar-refractivity contribution in [3.63, 3.8) is 0 Å². The van der Waals surface area contributed by atoms with Crippen molar-refractivity contribution < 1.29 is 18.1 Å². The predicted octanol–water partition coefficient (Wildman–Crippen LogP) is 4.05. The Morgan fingerprint density at radius 3 is 2.61 bits per heavy atom. The maximum atomic E-state index is 12.2. The number of fused-ring (bicyclic) bond motifs is 1. The number of thiazole rings is 1. The highest BCUT2D eigenvalue weighted by Gasteiger charge is 2.16. The fraction of sp³-hybridized carbons (Fsp3) is 0.176. The van der Waals surface area contributed by atoms with Crippen LogP contribution in [-0.4, -0.2) is 30.0 Å². The number of amides is 1. The Kier molecular flexibility index (Phi) is 5.92. The van der Waals surface area contributed by atoms with E-state index >= 15 is 0 Å². The molecule has 1 aromatic heterocycles. The molecule has 0 aliphatic rings. The molecular weight excluding hydrogens is 426 g/mol. The number of benzene rings is 2. The highest BCUT2D eigenvalue weighted by molar-refractivity contribution is 7.91. The minimum atomic E-state index is -3.49. The van der Waals surface area contributed by atoms with Crippen molar-refractivity contribution in [3.05, 3.63) is 57.6 Å². The van der Waals surface area contributed by atoms with E-state index in [-0.39, 0.29) is 35.1 Å². The molecule has 11 heteroatoms. The number of carbonyl (C=O) groups is 1. The van der Waals surface area contributed by atoms with Crippen molar-refractivity contribution in [1.82, 2.24) is 4.98 Å². The van der Waals surface area contributed by atoms with Gasteiger partial charge in [-0.15, -0.1) is 0 Å². The summed E-state index contributed by atoms with van der Waals surface area (Å²) in [6.07, 6.45) is 0.149. The third kappa shape index (κ3) is 4.83. The van der Waals surface area contributed by atoms with Crippen LogP contribution in [0, 0.1) is 10.1 Å². The summed E-state index contributed by atoms with van der Waals surface area (Å²) < 4.78 is 25.2. The zero-order valence-corrected chi connectivity index (χ0v) is 16.7. The van der Waals surface area contributed by atoms with E-state index in [1.807, 2.05) is 0 Å². The molecule has 0 fully saturated rings. The molecule has 0 atom stereocenters. The van der Waals surface area contributed by atoms with Gasteiger partial charge in [0.1, 0.15) is 0 Å². The van der Waals surface area contributed by atoms with E-state index in [0.717, 1.165) is 0 Å². The molecule has 28 heavy (non-hydrogen) atoms. The first-order valence-corrected chi connectivity index (χ1v) is 10.9. The summed E-state index contributed by atoms with van der Waals surface area (Å²) in [6.45, 7) is 0. The molecule has 8 nitrogen and oxygen atoms in total. The standard InChI is InChI=1S/C17H14ClN3O5S2/c18-11-3-6-13(7-4-11)28(25,26)9-1-2-16(22)20-17-19-14-10-12(21(23)24)5-8-15(14)27-17/h3-8,10H,1-2,9H2,(H,19,20,22). The Morgan fingerprint density at radius 2 is 1.93 bits per heavy atom. The largest absolute Gasteiger partial charge is 0.302 e. The topological polar surface area (TPSA) is 119 Å². The zero-order valence-electron chi connectivity index (χ0n) is 14.3. The average Bonchev–Trinajstić information content (AvgIpc) is 3.03. The normalized spacial score (nSPS) is 11.5. The monoisotopic (exact) mass is 439 g/mol. The number of nitro groups is 1. The second-order valence-electron chi connectivity index (χ2n) is 5.85. The van der Waals surface area contributed by atoms with Crippen molar-refractivity contribution in [1.29, 1.82) is 0 Å². The van der Waals surface area contributed by atoms with Crippen LogP contribution in [0.1, 0.15) is 12.8 Å². The Hall–Kier alpha value is -2.56. The van der Waals surface area contributed by atoms with Gasteiger partial charge in [-0.2, -0.15) is 0 Å². The molecule has 0 unspecified atom stereocenters. The molecule has 0 saturated carbocycles. The molecule has 3 rings (SSSR count). The fourth-order valence-corrected chi connectivity index (χ4v) is 4.75. The fourth-order valence-electron chi connectivity index (χ4n) is 2.45. The molecule has 0 aliphatic carbocycles. The number of carbonyl (C=O) groups excluding carboxylic acids is 1. The Bertz CT molecular complexity index is 1140. The van der Waals surface area contributed by atoms with Crippen molar-refractivity contribution in [3.8, 4) is 0 Å². The Labute approximate surface area is 169 Å². The number of sulfone groups is 1. The third-order valence-electron chi connectivity index (χ3n) is 3.82. The van der Waals surface area contributed by atoms with Gasteiger partial charge in [0.05, 0.1) is 25.8 Å². The van der Waals surface area contributed by atoms with E-state index in [4.69, 9.17) is 11.6 Å². The van der Waals surface area contributed by atoms with E-state index < -0.39 is 14.8 Å². The summed E-state index contributed by atoms with van der Waals surface area (Å²) in [5, 5.41) is 14.2. The van der Waals surface area contributed by atoms with Crippen molar-refractivity contribution in [2.45, 2.75) is 17.7 Å². The van der Waals surface area contributed by atoms with E-state index in [0.29, 0.717) is 20.4 Å². The summed E-state index contributed by atoms with van der Waals surface area (Å²) in [6, 6.07) is 10.1. The first-order chi connectivity index (χ1) is 13.2. The van der Waals surface area contributed by atoms with Gasteiger partial charge in [0, 0.05) is 23.6 Å². The van der Waals surface area contributed by atoms with E-state index in [1.54, 1.807) is 6.07 Å². The number of nitro benzene ring substituents is 1. The lowest BCUT2D eigenvalue weighted by molar-refractivity contribution is -0.384. The maximum Gasteiger partial charge on any atom is 0.271 e. The first kappa shape index (κ1) is 20.2. The SMILES string of the molecule is O=C(CCCS(=O)(=O)c1ccc(Cl)cc1)Nc1nc2cc([N+](=O)[O-])ccc2s1. The van der Waals surface area contributed by atoms with Crippen LogP contribution in [0.3, 0.4) is 0 Å². The third-order valence-corrected chi connectivity index (χ3v) is 6.84. The molecule has 3 aromatic rings. The summed E-state index contributed by atoms with van der Waals surface area (Å²) >= 11 is 6.94. The maximum absolute atomic E-state index is 12.2. The van der Waals surface area contributed by atoms with Crippen LogP contribution < -0.4 is 5.32 Å². The average molecular weight is 440 g/mol. The predicted molar refractivity (Wildman–Crippen MR) is 108 cm³/mol. The van der Waals surface area contributed by atoms with Gasteiger partial charge in [-0.1, -0.05) is 22.9 Å². The van der Waals surface area contributed by atoms with Gasteiger partial charge >= 0.3 is 0 Å². The van der Waals surface area contributed by atoms with Crippen LogP contribution in [0.15, 0.2) is 47.4 Å². The smallest absolute Gasteiger partial charge is 0.271 e. The molecule has 0 bridgehead atoms. The minimum absolute atomic E-state index is 0.00287. The Morgan fingerprint density at radius 1 is 1.21 bits per heavy atom. The summed E-state index contributed by atoms with van der Waals surface area (Å²) in [5.41, 5.74) is 0.336. The summed E-state index contributed by atoms with van der Waals surface area (Å²) in [5.74, 6) is -0.548. The van der Waals surface area contributed by atoms with Crippen LogP contribution in [-0.2, 0) is 14.6 Å². The molecule has 0 radical (unpaired) electrons. The summed E-state index contributed by atoms with van der Waals surface area (Å²) in [7, 11) is -3.49. The number of anilines is 1. The van der Waals surface area contributed by atoms with Gasteiger partial charge in [-0.3, -0.25) is 14.9 Å². The molecule has 0 aliphatic heterocycles. The minimum Gasteiger partial charge on any atom is -0.302 e. The van der Waals surface area contributed by atoms with Crippen LogP contribution in [0.4, 0.5) is 10.8 Å². The van der Waals surface area contributed by atoms with Crippen LogP contribution in [0.25, 0.3) is 10.2 Å². The number of non-ortho nitro benzene ring substituents is 1.